The number of hydrogen-bond donors (Lipinski definition) is 2. The van der Waals surface area contributed by atoms with Gasteiger partial charge in [-0.05, 0) is 24.7 Å². The van der Waals surface area contributed by atoms with Crippen LogP contribution in [0.2, 0.25) is 0 Å². The molecule has 2 fully saturated rings. The van der Waals surface area contributed by atoms with Crippen molar-refractivity contribution in [2.24, 2.45) is 23.7 Å². The molecule has 4 atom stereocenters. The lowest BCUT2D eigenvalue weighted by atomic mass is 9.94. The van der Waals surface area contributed by atoms with E-state index >= 15 is 0 Å². The summed E-state index contributed by atoms with van der Waals surface area (Å²) in [4.78, 5) is 0. The summed E-state index contributed by atoms with van der Waals surface area (Å²) >= 11 is 0. The van der Waals surface area contributed by atoms with Gasteiger partial charge in [0.2, 0.25) is 0 Å². The van der Waals surface area contributed by atoms with Crippen LogP contribution in [0.25, 0.3) is 0 Å². The summed E-state index contributed by atoms with van der Waals surface area (Å²) in [6.07, 6.45) is 1.03. The third kappa shape index (κ3) is 4.50. The lowest BCUT2D eigenvalue weighted by Crippen LogP contribution is -2.19. The Morgan fingerprint density at radius 3 is 1.22 bits per heavy atom. The SMILES string of the molecule is CC(C)[C@@H]1CCO[C@@H]1O.CC(C)[C@H]1CCO[C@@H]1O. The number of rotatable bonds is 2. The van der Waals surface area contributed by atoms with E-state index in [4.69, 9.17) is 19.7 Å². The highest BCUT2D eigenvalue weighted by Crippen LogP contribution is 2.26. The zero-order chi connectivity index (χ0) is 13.7. The molecular formula is C14H28O4. The molecule has 0 aliphatic carbocycles. The van der Waals surface area contributed by atoms with Crippen LogP contribution in [0.5, 0.6) is 0 Å². The molecule has 0 saturated carbocycles. The molecule has 108 valence electrons. The van der Waals surface area contributed by atoms with Crippen molar-refractivity contribution in [3.63, 3.8) is 0 Å². The smallest absolute Gasteiger partial charge is 0.157 e. The van der Waals surface area contributed by atoms with E-state index in [1.165, 1.54) is 0 Å². The molecule has 0 unspecified atom stereocenters. The van der Waals surface area contributed by atoms with E-state index in [-0.39, 0.29) is 0 Å². The maximum absolute atomic E-state index is 9.14. The highest BCUT2D eigenvalue weighted by molar-refractivity contribution is 4.71. The first-order chi connectivity index (χ1) is 8.43. The van der Waals surface area contributed by atoms with Crippen LogP contribution in [-0.2, 0) is 9.47 Å². The zero-order valence-electron chi connectivity index (χ0n) is 12.0. The standard InChI is InChI=1S/2C7H14O2/c2*1-5(2)6-3-4-9-7(6)8/h2*5-8H,3-4H2,1-2H3/t6-,7+;6-,7-/m10/s1. The third-order valence-electron chi connectivity index (χ3n) is 3.92. The minimum Gasteiger partial charge on any atom is -0.368 e. The minimum atomic E-state index is -0.495. The van der Waals surface area contributed by atoms with Gasteiger partial charge in [-0.2, -0.15) is 0 Å². The van der Waals surface area contributed by atoms with E-state index in [0.29, 0.717) is 23.7 Å². The first-order valence-corrected chi connectivity index (χ1v) is 7.02. The van der Waals surface area contributed by atoms with Crippen LogP contribution in [0.3, 0.4) is 0 Å². The van der Waals surface area contributed by atoms with Crippen LogP contribution in [-0.4, -0.2) is 36.0 Å². The molecule has 2 aliphatic heterocycles. The maximum Gasteiger partial charge on any atom is 0.157 e. The molecule has 0 aromatic carbocycles. The second-order valence-electron chi connectivity index (χ2n) is 5.92. The quantitative estimate of drug-likeness (QED) is 0.797. The second kappa shape index (κ2) is 7.43. The molecule has 2 aliphatic rings. The number of aliphatic hydroxyl groups excluding tert-OH is 2. The monoisotopic (exact) mass is 260 g/mol. The summed E-state index contributed by atoms with van der Waals surface area (Å²) in [6, 6.07) is 0. The van der Waals surface area contributed by atoms with E-state index < -0.39 is 12.6 Å². The van der Waals surface area contributed by atoms with Gasteiger partial charge in [-0.1, -0.05) is 27.7 Å². The molecule has 2 heterocycles. The average molecular weight is 260 g/mol. The molecule has 0 radical (unpaired) electrons. The first-order valence-electron chi connectivity index (χ1n) is 7.02. The summed E-state index contributed by atoms with van der Waals surface area (Å²) in [5.74, 6) is 1.82. The Labute approximate surface area is 110 Å². The van der Waals surface area contributed by atoms with Crippen LogP contribution in [0, 0.1) is 23.7 Å². The van der Waals surface area contributed by atoms with Crippen molar-refractivity contribution in [1.29, 1.82) is 0 Å². The third-order valence-corrected chi connectivity index (χ3v) is 3.92. The maximum atomic E-state index is 9.14. The largest absolute Gasteiger partial charge is 0.368 e. The molecule has 2 N–H and O–H groups in total. The van der Waals surface area contributed by atoms with Gasteiger partial charge in [0.05, 0.1) is 13.2 Å². The topological polar surface area (TPSA) is 58.9 Å². The molecule has 0 aromatic rings. The summed E-state index contributed by atoms with van der Waals surface area (Å²) < 4.78 is 9.96. The van der Waals surface area contributed by atoms with Crippen molar-refractivity contribution in [3.8, 4) is 0 Å². The summed E-state index contributed by atoms with van der Waals surface area (Å²) in [5, 5.41) is 18.3. The highest BCUT2D eigenvalue weighted by atomic mass is 16.6. The second-order valence-corrected chi connectivity index (χ2v) is 5.92. The lowest BCUT2D eigenvalue weighted by molar-refractivity contribution is -0.0905. The number of ether oxygens (including phenoxy) is 2. The fraction of sp³-hybridized carbons (Fsp3) is 1.00. The lowest BCUT2D eigenvalue weighted by Gasteiger charge is -2.15. The van der Waals surface area contributed by atoms with Crippen molar-refractivity contribution < 1.29 is 19.7 Å². The van der Waals surface area contributed by atoms with E-state index in [9.17, 15) is 0 Å². The fourth-order valence-electron chi connectivity index (χ4n) is 2.51. The van der Waals surface area contributed by atoms with Crippen LogP contribution in [0.1, 0.15) is 40.5 Å². The number of hydrogen-bond acceptors (Lipinski definition) is 4. The molecule has 2 saturated heterocycles. The van der Waals surface area contributed by atoms with Crippen molar-refractivity contribution in [2.45, 2.75) is 53.1 Å². The van der Waals surface area contributed by atoms with Gasteiger partial charge < -0.3 is 19.7 Å². The predicted octanol–water partition coefficient (Wildman–Crippen LogP) is 1.99. The first kappa shape index (κ1) is 15.9. The Kier molecular flexibility index (Phi) is 6.57. The molecule has 0 bridgehead atoms. The van der Waals surface area contributed by atoms with Gasteiger partial charge in [0.1, 0.15) is 0 Å². The van der Waals surface area contributed by atoms with Crippen molar-refractivity contribution in [1.82, 2.24) is 0 Å². The van der Waals surface area contributed by atoms with Gasteiger partial charge in [0.15, 0.2) is 12.6 Å². The molecule has 0 aromatic heterocycles. The van der Waals surface area contributed by atoms with Gasteiger partial charge in [-0.3, -0.25) is 0 Å². The van der Waals surface area contributed by atoms with Gasteiger partial charge in [-0.15, -0.1) is 0 Å². The van der Waals surface area contributed by atoms with Crippen LogP contribution >= 0.6 is 0 Å². The normalized spacial score (nSPS) is 36.0. The Morgan fingerprint density at radius 1 is 0.778 bits per heavy atom. The van der Waals surface area contributed by atoms with E-state index in [2.05, 4.69) is 27.7 Å². The molecule has 18 heavy (non-hydrogen) atoms. The van der Waals surface area contributed by atoms with Crippen molar-refractivity contribution in [2.75, 3.05) is 13.2 Å². The summed E-state index contributed by atoms with van der Waals surface area (Å²) in [7, 11) is 0. The molecule has 0 spiro atoms. The minimum absolute atomic E-state index is 0.366. The van der Waals surface area contributed by atoms with Crippen LogP contribution in [0.15, 0.2) is 0 Å². The van der Waals surface area contributed by atoms with E-state index in [0.717, 1.165) is 26.1 Å². The molecule has 4 heteroatoms. The van der Waals surface area contributed by atoms with Gasteiger partial charge in [0.25, 0.3) is 0 Å². The Hall–Kier alpha value is -0.160. The average Bonchev–Trinajstić information content (AvgIpc) is 2.87. The highest BCUT2D eigenvalue weighted by Gasteiger charge is 2.28. The predicted molar refractivity (Wildman–Crippen MR) is 69.8 cm³/mol. The summed E-state index contributed by atoms with van der Waals surface area (Å²) in [6.45, 7) is 9.91. The molecule has 0 amide bonds. The fourth-order valence-corrected chi connectivity index (χ4v) is 2.51. The van der Waals surface area contributed by atoms with E-state index in [1.54, 1.807) is 0 Å². The molecule has 2 rings (SSSR count). The Morgan fingerprint density at radius 2 is 1.11 bits per heavy atom. The van der Waals surface area contributed by atoms with Crippen LogP contribution in [0.4, 0.5) is 0 Å². The van der Waals surface area contributed by atoms with Gasteiger partial charge in [-0.25, -0.2) is 0 Å². The van der Waals surface area contributed by atoms with Gasteiger partial charge in [0, 0.05) is 11.8 Å². The Bertz CT molecular complexity index is 206. The van der Waals surface area contributed by atoms with E-state index in [1.807, 2.05) is 0 Å². The molecular weight excluding hydrogens is 232 g/mol. The summed E-state index contributed by atoms with van der Waals surface area (Å²) in [5.41, 5.74) is 0. The van der Waals surface area contributed by atoms with Crippen molar-refractivity contribution >= 4 is 0 Å². The van der Waals surface area contributed by atoms with Crippen LogP contribution < -0.4 is 0 Å². The van der Waals surface area contributed by atoms with Gasteiger partial charge >= 0.3 is 0 Å². The Balaban J connectivity index is 0.000000180. The number of aliphatic hydroxyl groups is 2. The van der Waals surface area contributed by atoms with Crippen molar-refractivity contribution in [3.05, 3.63) is 0 Å². The zero-order valence-corrected chi connectivity index (χ0v) is 12.0. The molecule has 4 nitrogen and oxygen atoms in total.